The lowest BCUT2D eigenvalue weighted by atomic mass is 10.2. The topological polar surface area (TPSA) is 138 Å². The summed E-state index contributed by atoms with van der Waals surface area (Å²) in [5, 5.41) is 5.11. The Morgan fingerprint density at radius 3 is 2.16 bits per heavy atom. The van der Waals surface area contributed by atoms with Gasteiger partial charge in [-0.05, 0) is 31.2 Å². The zero-order chi connectivity index (χ0) is 18.2. The lowest BCUT2D eigenvalue weighted by Gasteiger charge is -2.37. The van der Waals surface area contributed by atoms with Crippen molar-refractivity contribution in [1.29, 1.82) is 0 Å². The largest absolute Gasteiger partial charge is 0.369 e. The fourth-order valence-corrected chi connectivity index (χ4v) is 3.52. The molecule has 134 valence electrons. The third-order valence-corrected chi connectivity index (χ3v) is 5.14. The maximum atomic E-state index is 12.1. The molecule has 1 aliphatic rings. The first kappa shape index (κ1) is 17.2. The number of benzene rings is 1. The molecule has 10 heteroatoms. The summed E-state index contributed by atoms with van der Waals surface area (Å²) in [7, 11) is -3.69. The smallest absolute Gasteiger partial charge is 0.276 e. The van der Waals surface area contributed by atoms with Gasteiger partial charge in [0.15, 0.2) is 0 Å². The predicted molar refractivity (Wildman–Crippen MR) is 96.2 cm³/mol. The number of H-pyrrole nitrogens is 1. The highest BCUT2D eigenvalue weighted by molar-refractivity contribution is 7.89. The molecule has 0 amide bonds. The van der Waals surface area contributed by atoms with Crippen LogP contribution in [0.2, 0.25) is 0 Å². The number of nitrogens with two attached hydrogens (primary N) is 2. The molecule has 9 nitrogen and oxygen atoms in total. The summed E-state index contributed by atoms with van der Waals surface area (Å²) >= 11 is 0. The zero-order valence-corrected chi connectivity index (χ0v) is 14.6. The number of aryl methyl sites for hydroxylation is 1. The van der Waals surface area contributed by atoms with Gasteiger partial charge in [0.2, 0.25) is 16.0 Å². The summed E-state index contributed by atoms with van der Waals surface area (Å²) in [5.41, 5.74) is 7.37. The lowest BCUT2D eigenvalue weighted by Crippen LogP contribution is -2.48. The SMILES string of the molecule is Cc1nc(N)[nH]c(=O)c1N1CCN(c2ccc(S(N)(=O)=O)cc2)CC1. The van der Waals surface area contributed by atoms with Crippen LogP contribution in [0.25, 0.3) is 0 Å². The van der Waals surface area contributed by atoms with Crippen LogP contribution in [-0.4, -0.2) is 44.6 Å². The fourth-order valence-electron chi connectivity index (χ4n) is 3.01. The van der Waals surface area contributed by atoms with Gasteiger partial charge in [-0.1, -0.05) is 0 Å². The van der Waals surface area contributed by atoms with Crippen molar-refractivity contribution in [2.24, 2.45) is 5.14 Å². The summed E-state index contributed by atoms with van der Waals surface area (Å²) in [6, 6.07) is 6.46. The van der Waals surface area contributed by atoms with Gasteiger partial charge in [-0.2, -0.15) is 0 Å². The van der Waals surface area contributed by atoms with Crippen LogP contribution in [0.15, 0.2) is 34.0 Å². The average Bonchev–Trinajstić information content (AvgIpc) is 2.54. The van der Waals surface area contributed by atoms with Gasteiger partial charge < -0.3 is 15.5 Å². The number of nitrogens with one attached hydrogen (secondary N) is 1. The van der Waals surface area contributed by atoms with Gasteiger partial charge in [-0.15, -0.1) is 0 Å². The molecule has 0 radical (unpaired) electrons. The van der Waals surface area contributed by atoms with E-state index in [0.717, 1.165) is 5.69 Å². The van der Waals surface area contributed by atoms with Gasteiger partial charge in [0.25, 0.3) is 5.56 Å². The molecule has 2 aromatic rings. The second-order valence-corrected chi connectivity index (χ2v) is 7.46. The molecule has 5 N–H and O–H groups in total. The summed E-state index contributed by atoms with van der Waals surface area (Å²) in [6.07, 6.45) is 0. The number of rotatable bonds is 3. The third kappa shape index (κ3) is 3.59. The number of primary sulfonamides is 1. The number of piperazine rings is 1. The van der Waals surface area contributed by atoms with Crippen molar-refractivity contribution in [3.8, 4) is 0 Å². The standard InChI is InChI=1S/C15H20N6O3S/c1-10-13(14(22)19-15(16)18-10)21-8-6-20(7-9-21)11-2-4-12(5-3-11)25(17,23)24/h2-5H,6-9H2,1H3,(H2,17,23,24)(H3,16,18,19,22). The lowest BCUT2D eigenvalue weighted by molar-refractivity contribution is 0.597. The van der Waals surface area contributed by atoms with Gasteiger partial charge in [-0.3, -0.25) is 9.78 Å². The monoisotopic (exact) mass is 364 g/mol. The Morgan fingerprint density at radius 1 is 1.08 bits per heavy atom. The molecule has 3 rings (SSSR count). The van der Waals surface area contributed by atoms with E-state index >= 15 is 0 Å². The molecule has 1 aromatic heterocycles. The Labute approximate surface area is 145 Å². The molecule has 0 spiro atoms. The second-order valence-electron chi connectivity index (χ2n) is 5.90. The molecular formula is C15H20N6O3S. The first-order valence-corrected chi connectivity index (χ1v) is 9.29. The number of nitrogens with zero attached hydrogens (tertiary/aromatic N) is 3. The van der Waals surface area contributed by atoms with Crippen LogP contribution < -0.4 is 26.2 Å². The molecule has 1 aromatic carbocycles. The zero-order valence-electron chi connectivity index (χ0n) is 13.8. The molecule has 1 fully saturated rings. The Balaban J connectivity index is 1.73. The summed E-state index contributed by atoms with van der Waals surface area (Å²) in [5.74, 6) is 0.111. The van der Waals surface area contributed by atoms with Crippen LogP contribution in [0.4, 0.5) is 17.3 Å². The molecule has 0 bridgehead atoms. The van der Waals surface area contributed by atoms with Crippen molar-refractivity contribution < 1.29 is 8.42 Å². The molecule has 1 saturated heterocycles. The van der Waals surface area contributed by atoms with Crippen LogP contribution >= 0.6 is 0 Å². The Bertz CT molecular complexity index is 931. The highest BCUT2D eigenvalue weighted by Gasteiger charge is 2.22. The Kier molecular flexibility index (Phi) is 4.39. The van der Waals surface area contributed by atoms with Gasteiger partial charge in [-0.25, -0.2) is 18.5 Å². The van der Waals surface area contributed by atoms with E-state index in [9.17, 15) is 13.2 Å². The number of hydrogen-bond acceptors (Lipinski definition) is 7. The molecular weight excluding hydrogens is 344 g/mol. The molecule has 0 saturated carbocycles. The van der Waals surface area contributed by atoms with E-state index in [1.807, 2.05) is 4.90 Å². The van der Waals surface area contributed by atoms with Crippen molar-refractivity contribution >= 4 is 27.3 Å². The van der Waals surface area contributed by atoms with Crippen molar-refractivity contribution in [3.05, 3.63) is 40.3 Å². The molecule has 25 heavy (non-hydrogen) atoms. The minimum Gasteiger partial charge on any atom is -0.369 e. The minimum atomic E-state index is -3.69. The van der Waals surface area contributed by atoms with E-state index in [2.05, 4.69) is 14.9 Å². The number of sulfonamides is 1. The molecule has 0 aliphatic carbocycles. The highest BCUT2D eigenvalue weighted by Crippen LogP contribution is 2.21. The quantitative estimate of drug-likeness (QED) is 0.675. The number of aromatic nitrogens is 2. The predicted octanol–water partition coefficient (Wildman–Crippen LogP) is -0.365. The van der Waals surface area contributed by atoms with Gasteiger partial charge in [0.05, 0.1) is 10.6 Å². The Hall–Kier alpha value is -2.59. The molecule has 2 heterocycles. The third-order valence-electron chi connectivity index (χ3n) is 4.21. The van der Waals surface area contributed by atoms with Crippen molar-refractivity contribution in [2.45, 2.75) is 11.8 Å². The highest BCUT2D eigenvalue weighted by atomic mass is 32.2. The van der Waals surface area contributed by atoms with Crippen molar-refractivity contribution in [2.75, 3.05) is 41.7 Å². The Morgan fingerprint density at radius 2 is 1.64 bits per heavy atom. The van der Waals surface area contributed by atoms with E-state index in [1.54, 1.807) is 19.1 Å². The van der Waals surface area contributed by atoms with Crippen LogP contribution in [-0.2, 0) is 10.0 Å². The summed E-state index contributed by atoms with van der Waals surface area (Å²) < 4.78 is 22.6. The second kappa shape index (κ2) is 6.37. The number of aromatic amines is 1. The maximum Gasteiger partial charge on any atom is 0.276 e. The summed E-state index contributed by atoms with van der Waals surface area (Å²) in [6.45, 7) is 4.44. The fraction of sp³-hybridized carbons (Fsp3) is 0.333. The van der Waals surface area contributed by atoms with Crippen LogP contribution in [0.5, 0.6) is 0 Å². The van der Waals surface area contributed by atoms with Crippen LogP contribution in [0.1, 0.15) is 5.69 Å². The molecule has 0 unspecified atom stereocenters. The average molecular weight is 364 g/mol. The van der Waals surface area contributed by atoms with Crippen LogP contribution in [0.3, 0.4) is 0 Å². The van der Waals surface area contributed by atoms with E-state index in [0.29, 0.717) is 37.6 Å². The first-order valence-electron chi connectivity index (χ1n) is 7.75. The first-order chi connectivity index (χ1) is 11.8. The van der Waals surface area contributed by atoms with E-state index < -0.39 is 10.0 Å². The van der Waals surface area contributed by atoms with Gasteiger partial charge in [0, 0.05) is 31.9 Å². The van der Waals surface area contributed by atoms with Crippen LogP contribution in [0, 0.1) is 6.92 Å². The van der Waals surface area contributed by atoms with E-state index in [4.69, 9.17) is 10.9 Å². The summed E-state index contributed by atoms with van der Waals surface area (Å²) in [4.78, 5) is 23.0. The number of nitrogen functional groups attached to an aromatic ring is 1. The minimum absolute atomic E-state index is 0.0880. The normalized spacial score (nSPS) is 15.4. The number of anilines is 3. The maximum absolute atomic E-state index is 12.1. The van der Waals surface area contributed by atoms with Crippen molar-refractivity contribution in [1.82, 2.24) is 9.97 Å². The van der Waals surface area contributed by atoms with Gasteiger partial charge >= 0.3 is 0 Å². The van der Waals surface area contributed by atoms with Crippen molar-refractivity contribution in [3.63, 3.8) is 0 Å². The van der Waals surface area contributed by atoms with Gasteiger partial charge in [0.1, 0.15) is 5.69 Å². The van der Waals surface area contributed by atoms with E-state index in [1.165, 1.54) is 12.1 Å². The van der Waals surface area contributed by atoms with E-state index in [-0.39, 0.29) is 16.4 Å². The molecule has 0 atom stereocenters. The molecule has 1 aliphatic heterocycles. The number of hydrogen-bond donors (Lipinski definition) is 3.